The molecule has 0 aromatic heterocycles. The van der Waals surface area contributed by atoms with E-state index in [1.165, 1.54) is 44.9 Å². The van der Waals surface area contributed by atoms with Crippen LogP contribution in [0.4, 0.5) is 0 Å². The van der Waals surface area contributed by atoms with Crippen molar-refractivity contribution >= 4 is 18.5 Å². The van der Waals surface area contributed by atoms with Crippen LogP contribution in [-0.4, -0.2) is 16.4 Å². The third-order valence-electron chi connectivity index (χ3n) is 2.96. The van der Waals surface area contributed by atoms with Crippen molar-refractivity contribution in [3.05, 3.63) is 0 Å². The molecule has 0 spiro atoms. The monoisotopic (exact) mass is 266 g/mol. The molecule has 2 N–H and O–H groups in total. The Morgan fingerprint density at radius 2 is 1.56 bits per heavy atom. The van der Waals surface area contributed by atoms with Gasteiger partial charge in [-0.15, -0.1) is 0 Å². The van der Waals surface area contributed by atoms with E-state index in [0.717, 1.165) is 18.8 Å². The van der Waals surface area contributed by atoms with E-state index in [2.05, 4.69) is 11.8 Å². The van der Waals surface area contributed by atoms with Crippen molar-refractivity contribution in [2.24, 2.45) is 5.92 Å². The quantitative estimate of drug-likeness (QED) is 0.470. The molecule has 16 heavy (non-hydrogen) atoms. The van der Waals surface area contributed by atoms with Crippen molar-refractivity contribution in [2.45, 2.75) is 57.8 Å². The lowest BCUT2D eigenvalue weighted by Crippen LogP contribution is -1.92. The summed E-state index contributed by atoms with van der Waals surface area (Å²) in [6.45, 7) is -3.02. The summed E-state index contributed by atoms with van der Waals surface area (Å²) in [4.78, 5) is 17.6. The van der Waals surface area contributed by atoms with Crippen molar-refractivity contribution < 1.29 is 14.3 Å². The molecule has 0 unspecified atom stereocenters. The first-order valence-corrected chi connectivity index (χ1v) is 8.90. The van der Waals surface area contributed by atoms with Gasteiger partial charge in [-0.3, -0.25) is 0 Å². The maximum Gasteiger partial charge on any atom is 0.321 e. The Balaban J connectivity index is 1.72. The van der Waals surface area contributed by atoms with Gasteiger partial charge in [-0.05, 0) is 24.1 Å². The summed E-state index contributed by atoms with van der Waals surface area (Å²) in [5, 5.41) is 0. The second-order valence-electron chi connectivity index (χ2n) is 4.68. The van der Waals surface area contributed by atoms with Crippen LogP contribution < -0.4 is 0 Å². The molecule has 1 aliphatic carbocycles. The van der Waals surface area contributed by atoms with Crippen LogP contribution in [0.1, 0.15) is 57.8 Å². The smallest absolute Gasteiger partial charge is 0.321 e. The van der Waals surface area contributed by atoms with E-state index in [9.17, 15) is 0 Å². The maximum absolute atomic E-state index is 8.81. The largest absolute Gasteiger partial charge is 0.325 e. The lowest BCUT2D eigenvalue weighted by molar-refractivity contribution is 0.245. The summed E-state index contributed by atoms with van der Waals surface area (Å²) < 4.78 is 4.73. The molecule has 1 rings (SSSR count). The molecule has 5 heteroatoms. The molecule has 0 heterocycles. The Bertz CT molecular complexity index is 225. The first-order valence-electron chi connectivity index (χ1n) is 6.28. The predicted molar refractivity (Wildman–Crippen MR) is 69.7 cm³/mol. The highest BCUT2D eigenvalue weighted by Crippen LogP contribution is 2.36. The molecule has 1 saturated carbocycles. The SMILES string of the molecule is OP(O)(=S)OCCCCCCCCC1CC1. The van der Waals surface area contributed by atoms with Gasteiger partial charge in [-0.2, -0.15) is 0 Å². The molecule has 96 valence electrons. The van der Waals surface area contributed by atoms with Crippen LogP contribution in [0.25, 0.3) is 0 Å². The van der Waals surface area contributed by atoms with Gasteiger partial charge < -0.3 is 14.3 Å². The van der Waals surface area contributed by atoms with Crippen LogP contribution in [0, 0.1) is 5.92 Å². The van der Waals surface area contributed by atoms with Gasteiger partial charge in [-0.1, -0.05) is 51.4 Å². The number of rotatable bonds is 10. The summed E-state index contributed by atoms with van der Waals surface area (Å²) in [5.74, 6) is 1.06. The zero-order valence-corrected chi connectivity index (χ0v) is 11.5. The summed E-state index contributed by atoms with van der Waals surface area (Å²) >= 11 is 4.35. The van der Waals surface area contributed by atoms with E-state index >= 15 is 0 Å². The summed E-state index contributed by atoms with van der Waals surface area (Å²) in [6.07, 6.45) is 11.6. The van der Waals surface area contributed by atoms with Crippen LogP contribution in [0.3, 0.4) is 0 Å². The zero-order chi connectivity index (χ0) is 11.9. The molecule has 0 aliphatic heterocycles. The minimum absolute atomic E-state index is 0.381. The molecule has 0 atom stereocenters. The second kappa shape index (κ2) is 7.78. The first kappa shape index (κ1) is 14.6. The molecule has 1 fully saturated rings. The van der Waals surface area contributed by atoms with Crippen LogP contribution in [0.2, 0.25) is 0 Å². The fourth-order valence-corrected chi connectivity index (χ4v) is 2.42. The van der Waals surface area contributed by atoms with Crippen LogP contribution in [0.15, 0.2) is 0 Å². The molecule has 0 aromatic carbocycles. The van der Waals surface area contributed by atoms with Crippen molar-refractivity contribution in [1.82, 2.24) is 0 Å². The van der Waals surface area contributed by atoms with E-state index in [1.54, 1.807) is 0 Å². The van der Waals surface area contributed by atoms with Crippen molar-refractivity contribution in [3.63, 3.8) is 0 Å². The summed E-state index contributed by atoms with van der Waals surface area (Å²) in [5.41, 5.74) is 0. The van der Waals surface area contributed by atoms with Gasteiger partial charge in [0.1, 0.15) is 0 Å². The molecule has 0 aromatic rings. The minimum Gasteiger partial charge on any atom is -0.325 e. The fraction of sp³-hybridized carbons (Fsp3) is 1.00. The standard InChI is InChI=1S/C11H23O3PS/c12-15(13,16)14-10-6-4-2-1-3-5-7-11-8-9-11/h11H,1-10H2,(H2,12,13,16). The third kappa shape index (κ3) is 9.73. The van der Waals surface area contributed by atoms with Gasteiger partial charge in [0, 0.05) is 0 Å². The Hall–Kier alpha value is 0.530. The Morgan fingerprint density at radius 3 is 2.12 bits per heavy atom. The average molecular weight is 266 g/mol. The highest BCUT2D eigenvalue weighted by Gasteiger charge is 2.19. The van der Waals surface area contributed by atoms with E-state index in [0.29, 0.717) is 6.61 Å². The Morgan fingerprint density at radius 1 is 1.00 bits per heavy atom. The van der Waals surface area contributed by atoms with E-state index in [-0.39, 0.29) is 0 Å². The molecular weight excluding hydrogens is 243 g/mol. The minimum atomic E-state index is -3.40. The van der Waals surface area contributed by atoms with Crippen LogP contribution in [-0.2, 0) is 16.3 Å². The maximum atomic E-state index is 8.81. The molecule has 0 saturated heterocycles. The Kier molecular flexibility index (Phi) is 7.09. The lowest BCUT2D eigenvalue weighted by Gasteiger charge is -2.07. The molecule has 3 nitrogen and oxygen atoms in total. The van der Waals surface area contributed by atoms with E-state index in [4.69, 9.17) is 14.3 Å². The van der Waals surface area contributed by atoms with Crippen molar-refractivity contribution in [3.8, 4) is 0 Å². The fourth-order valence-electron chi connectivity index (χ4n) is 1.83. The first-order chi connectivity index (χ1) is 7.58. The highest BCUT2D eigenvalue weighted by atomic mass is 32.5. The topological polar surface area (TPSA) is 49.7 Å². The van der Waals surface area contributed by atoms with Crippen LogP contribution in [0.5, 0.6) is 0 Å². The average Bonchev–Trinajstić information content (AvgIpc) is 2.97. The summed E-state index contributed by atoms with van der Waals surface area (Å²) in [7, 11) is 0. The van der Waals surface area contributed by atoms with Gasteiger partial charge in [0.05, 0.1) is 6.61 Å². The number of hydrogen-bond donors (Lipinski definition) is 2. The molecule has 0 radical (unpaired) electrons. The second-order valence-corrected chi connectivity index (χ2v) is 7.34. The van der Waals surface area contributed by atoms with Gasteiger partial charge in [-0.25, -0.2) is 0 Å². The van der Waals surface area contributed by atoms with Gasteiger partial charge in [0.2, 0.25) is 0 Å². The van der Waals surface area contributed by atoms with Crippen molar-refractivity contribution in [1.29, 1.82) is 0 Å². The van der Waals surface area contributed by atoms with E-state index in [1.807, 2.05) is 0 Å². The molecule has 1 aliphatic rings. The summed E-state index contributed by atoms with van der Waals surface area (Å²) in [6, 6.07) is 0. The lowest BCUT2D eigenvalue weighted by atomic mass is 10.1. The Labute approximate surface area is 103 Å². The molecule has 0 amide bonds. The normalized spacial score (nSPS) is 16.6. The number of unbranched alkanes of at least 4 members (excludes halogenated alkanes) is 5. The van der Waals surface area contributed by atoms with Gasteiger partial charge >= 0.3 is 6.72 Å². The highest BCUT2D eigenvalue weighted by molar-refractivity contribution is 8.06. The third-order valence-corrected chi connectivity index (χ3v) is 3.80. The molecule has 0 bridgehead atoms. The predicted octanol–water partition coefficient (Wildman–Crippen LogP) is 3.35. The van der Waals surface area contributed by atoms with Gasteiger partial charge in [0.15, 0.2) is 0 Å². The zero-order valence-electron chi connectivity index (χ0n) is 9.81. The van der Waals surface area contributed by atoms with Gasteiger partial charge in [0.25, 0.3) is 0 Å². The molecular formula is C11H23O3PS. The van der Waals surface area contributed by atoms with Crippen LogP contribution >= 0.6 is 6.72 Å². The number of hydrogen-bond acceptors (Lipinski definition) is 2. The van der Waals surface area contributed by atoms with E-state index < -0.39 is 6.72 Å². The van der Waals surface area contributed by atoms with Crippen molar-refractivity contribution in [2.75, 3.05) is 6.61 Å².